The number of halogens is 3. The summed E-state index contributed by atoms with van der Waals surface area (Å²) in [6.45, 7) is 4.31. The lowest BCUT2D eigenvalue weighted by molar-refractivity contribution is 0.0798. The number of rotatable bonds is 6. The molecule has 0 unspecified atom stereocenters. The van der Waals surface area contributed by atoms with Crippen molar-refractivity contribution < 1.29 is 32.6 Å². The van der Waals surface area contributed by atoms with Gasteiger partial charge in [0.05, 0.1) is 5.56 Å². The molecule has 32 heavy (non-hydrogen) atoms. The van der Waals surface area contributed by atoms with Gasteiger partial charge in [-0.25, -0.2) is 13.6 Å². The Bertz CT molecular complexity index is 1010. The Labute approximate surface area is 183 Å². The largest absolute Gasteiger partial charge is 0.504 e. The SMILES string of the molecule is C=Cc1c(O)c(F)c(F)c(C(=O)NCC2CCN(C(=O)OCc3ccccc3)CC2)c1F. The van der Waals surface area contributed by atoms with Crippen LogP contribution in [-0.2, 0) is 11.3 Å². The van der Waals surface area contributed by atoms with Crippen molar-refractivity contribution in [3.8, 4) is 5.75 Å². The van der Waals surface area contributed by atoms with Gasteiger partial charge in [0.15, 0.2) is 11.6 Å². The van der Waals surface area contributed by atoms with Crippen molar-refractivity contribution in [2.75, 3.05) is 19.6 Å². The zero-order chi connectivity index (χ0) is 23.3. The van der Waals surface area contributed by atoms with Gasteiger partial charge in [-0.15, -0.1) is 0 Å². The van der Waals surface area contributed by atoms with Gasteiger partial charge < -0.3 is 20.1 Å². The van der Waals surface area contributed by atoms with Crippen LogP contribution in [0.25, 0.3) is 6.08 Å². The first-order valence-electron chi connectivity index (χ1n) is 10.1. The van der Waals surface area contributed by atoms with Gasteiger partial charge in [0, 0.05) is 19.6 Å². The van der Waals surface area contributed by atoms with Crippen LogP contribution < -0.4 is 5.32 Å². The average Bonchev–Trinajstić information content (AvgIpc) is 2.81. The molecule has 1 fully saturated rings. The van der Waals surface area contributed by atoms with E-state index >= 15 is 0 Å². The van der Waals surface area contributed by atoms with E-state index in [1.54, 1.807) is 4.90 Å². The van der Waals surface area contributed by atoms with E-state index in [4.69, 9.17) is 4.74 Å². The molecular weight excluding hydrogens is 425 g/mol. The van der Waals surface area contributed by atoms with E-state index < -0.39 is 46.3 Å². The van der Waals surface area contributed by atoms with Gasteiger partial charge in [0.1, 0.15) is 18.0 Å². The van der Waals surface area contributed by atoms with Crippen LogP contribution in [-0.4, -0.2) is 41.6 Å². The molecule has 2 aromatic rings. The second-order valence-corrected chi connectivity index (χ2v) is 7.46. The first-order chi connectivity index (χ1) is 15.3. The minimum Gasteiger partial charge on any atom is -0.504 e. The molecule has 1 heterocycles. The number of hydrogen-bond donors (Lipinski definition) is 2. The number of phenols is 1. The summed E-state index contributed by atoms with van der Waals surface area (Å²) in [5.74, 6) is -7.27. The van der Waals surface area contributed by atoms with Crippen LogP contribution in [0.4, 0.5) is 18.0 Å². The van der Waals surface area contributed by atoms with Crippen LogP contribution in [0.1, 0.15) is 34.3 Å². The van der Waals surface area contributed by atoms with Crippen LogP contribution in [0.5, 0.6) is 5.75 Å². The summed E-state index contributed by atoms with van der Waals surface area (Å²) in [5, 5.41) is 11.9. The number of phenolic OH excluding ortho intramolecular Hbond substituents is 1. The van der Waals surface area contributed by atoms with Crippen LogP contribution in [0.2, 0.25) is 0 Å². The molecule has 0 radical (unpaired) electrons. The number of likely N-dealkylation sites (tertiary alicyclic amines) is 1. The molecule has 3 rings (SSSR count). The fraction of sp³-hybridized carbons (Fsp3) is 0.304. The molecule has 0 atom stereocenters. The first-order valence-corrected chi connectivity index (χ1v) is 10.1. The lowest BCUT2D eigenvalue weighted by atomic mass is 9.97. The zero-order valence-electron chi connectivity index (χ0n) is 17.2. The van der Waals surface area contributed by atoms with Crippen LogP contribution in [0.3, 0.4) is 0 Å². The zero-order valence-corrected chi connectivity index (χ0v) is 17.2. The summed E-state index contributed by atoms with van der Waals surface area (Å²) in [7, 11) is 0. The maximum Gasteiger partial charge on any atom is 0.410 e. The highest BCUT2D eigenvalue weighted by Gasteiger charge is 2.29. The Kier molecular flexibility index (Phi) is 7.40. The number of amides is 2. The number of nitrogens with one attached hydrogen (secondary N) is 1. The summed E-state index contributed by atoms with van der Waals surface area (Å²) < 4.78 is 47.5. The molecule has 2 N–H and O–H groups in total. The highest BCUT2D eigenvalue weighted by Crippen LogP contribution is 2.31. The second-order valence-electron chi connectivity index (χ2n) is 7.46. The molecule has 0 aromatic heterocycles. The van der Waals surface area contributed by atoms with Crippen LogP contribution >= 0.6 is 0 Å². The molecule has 1 aliphatic rings. The van der Waals surface area contributed by atoms with Crippen molar-refractivity contribution in [1.29, 1.82) is 0 Å². The van der Waals surface area contributed by atoms with E-state index in [9.17, 15) is 27.9 Å². The molecule has 0 aliphatic carbocycles. The fourth-order valence-corrected chi connectivity index (χ4v) is 3.51. The molecule has 0 saturated carbocycles. The minimum atomic E-state index is -1.76. The monoisotopic (exact) mass is 448 g/mol. The van der Waals surface area contributed by atoms with Gasteiger partial charge in [-0.3, -0.25) is 4.79 Å². The Morgan fingerprint density at radius 1 is 1.12 bits per heavy atom. The van der Waals surface area contributed by atoms with Crippen molar-refractivity contribution in [2.45, 2.75) is 19.4 Å². The second kappa shape index (κ2) is 10.2. The van der Waals surface area contributed by atoms with Gasteiger partial charge in [-0.1, -0.05) is 43.0 Å². The van der Waals surface area contributed by atoms with E-state index in [2.05, 4.69) is 11.9 Å². The van der Waals surface area contributed by atoms with Crippen molar-refractivity contribution in [3.63, 3.8) is 0 Å². The van der Waals surface area contributed by atoms with E-state index in [0.717, 1.165) is 11.6 Å². The van der Waals surface area contributed by atoms with Gasteiger partial charge in [0.25, 0.3) is 5.91 Å². The number of nitrogens with zero attached hydrogens (tertiary/aromatic N) is 1. The molecular formula is C23H23F3N2O4. The molecule has 0 spiro atoms. The molecule has 6 nitrogen and oxygen atoms in total. The Morgan fingerprint density at radius 2 is 1.78 bits per heavy atom. The highest BCUT2D eigenvalue weighted by atomic mass is 19.2. The number of benzene rings is 2. The third-order valence-corrected chi connectivity index (χ3v) is 5.39. The number of hydrogen-bond acceptors (Lipinski definition) is 4. The quantitative estimate of drug-likeness (QED) is 0.649. The van der Waals surface area contributed by atoms with Crippen molar-refractivity contribution >= 4 is 18.1 Å². The number of carbonyl (C=O) groups is 2. The van der Waals surface area contributed by atoms with Gasteiger partial charge in [0.2, 0.25) is 5.82 Å². The number of ether oxygens (including phenoxy) is 1. The van der Waals surface area contributed by atoms with Crippen molar-refractivity contribution in [3.05, 3.63) is 71.1 Å². The first kappa shape index (κ1) is 23.2. The molecule has 1 saturated heterocycles. The van der Waals surface area contributed by atoms with Crippen LogP contribution in [0, 0.1) is 23.4 Å². The molecule has 170 valence electrons. The van der Waals surface area contributed by atoms with Gasteiger partial charge in [-0.2, -0.15) is 4.39 Å². The molecule has 2 amide bonds. The number of aromatic hydroxyl groups is 1. The van der Waals surface area contributed by atoms with Gasteiger partial charge >= 0.3 is 6.09 Å². The molecule has 0 bridgehead atoms. The third-order valence-electron chi connectivity index (χ3n) is 5.39. The third kappa shape index (κ3) is 5.04. The molecule has 1 aliphatic heterocycles. The Balaban J connectivity index is 1.51. The van der Waals surface area contributed by atoms with Gasteiger partial charge in [-0.05, 0) is 24.3 Å². The summed E-state index contributed by atoms with van der Waals surface area (Å²) >= 11 is 0. The summed E-state index contributed by atoms with van der Waals surface area (Å²) in [6.07, 6.45) is 1.47. The molecule has 2 aromatic carbocycles. The minimum absolute atomic E-state index is 0.0379. The Hall–Kier alpha value is -3.49. The number of carbonyl (C=O) groups excluding carboxylic acids is 2. The maximum atomic E-state index is 14.4. The van der Waals surface area contributed by atoms with E-state index in [1.165, 1.54) is 0 Å². The predicted octanol–water partition coefficient (Wildman–Crippen LogP) is 4.23. The van der Waals surface area contributed by atoms with E-state index in [1.807, 2.05) is 30.3 Å². The van der Waals surface area contributed by atoms with Crippen molar-refractivity contribution in [1.82, 2.24) is 10.2 Å². The van der Waals surface area contributed by atoms with Crippen LogP contribution in [0.15, 0.2) is 36.9 Å². The summed E-state index contributed by atoms with van der Waals surface area (Å²) in [5.41, 5.74) is -0.920. The highest BCUT2D eigenvalue weighted by molar-refractivity contribution is 5.95. The predicted molar refractivity (Wildman–Crippen MR) is 111 cm³/mol. The normalized spacial score (nSPS) is 14.2. The number of piperidine rings is 1. The fourth-order valence-electron chi connectivity index (χ4n) is 3.51. The maximum absolute atomic E-state index is 14.4. The van der Waals surface area contributed by atoms with Crippen molar-refractivity contribution in [2.24, 2.45) is 5.92 Å². The topological polar surface area (TPSA) is 78.9 Å². The van der Waals surface area contributed by atoms with E-state index in [-0.39, 0.29) is 19.1 Å². The molecule has 9 heteroatoms. The smallest absolute Gasteiger partial charge is 0.410 e. The van der Waals surface area contributed by atoms with E-state index in [0.29, 0.717) is 25.9 Å². The average molecular weight is 448 g/mol. The summed E-state index contributed by atoms with van der Waals surface area (Å²) in [4.78, 5) is 26.1. The Morgan fingerprint density at radius 3 is 2.41 bits per heavy atom. The standard InChI is InChI=1S/C23H23F3N2O4/c1-2-16-18(24)17(19(25)20(26)21(16)29)22(30)27-12-14-8-10-28(11-9-14)23(31)32-13-15-6-4-3-5-7-15/h2-7,14,29H,1,8-13H2,(H,27,30). The lowest BCUT2D eigenvalue weighted by Crippen LogP contribution is -2.42. The summed E-state index contributed by atoms with van der Waals surface area (Å²) in [6, 6.07) is 9.28. The lowest BCUT2D eigenvalue weighted by Gasteiger charge is -2.31.